The Bertz CT molecular complexity index is 832. The number of hydrogen-bond acceptors (Lipinski definition) is 1. The van der Waals surface area contributed by atoms with E-state index < -0.39 is 0 Å². The molecule has 0 unspecified atom stereocenters. The first-order chi connectivity index (χ1) is 12.4. The summed E-state index contributed by atoms with van der Waals surface area (Å²) >= 11 is 0. The van der Waals surface area contributed by atoms with Crippen molar-refractivity contribution < 1.29 is 0 Å². The molecule has 0 spiro atoms. The monoisotopic (exact) mass is 379 g/mol. The summed E-state index contributed by atoms with van der Waals surface area (Å²) < 4.78 is 0. The lowest BCUT2D eigenvalue weighted by molar-refractivity contribution is 0.319. The maximum absolute atomic E-state index is 2.38. The molecule has 0 bridgehead atoms. The largest absolute Gasteiger partial charge is 0.298 e. The van der Waals surface area contributed by atoms with Crippen molar-refractivity contribution in [2.24, 2.45) is 0 Å². The summed E-state index contributed by atoms with van der Waals surface area (Å²) in [5.74, 6) is 0. The van der Waals surface area contributed by atoms with Gasteiger partial charge < -0.3 is 0 Å². The second kappa shape index (κ2) is 9.21. The zero-order chi connectivity index (χ0) is 18.6. The Kier molecular flexibility index (Phi) is 7.24. The highest BCUT2D eigenvalue weighted by atomic mass is 35.5. The van der Waals surface area contributed by atoms with Gasteiger partial charge in [0.25, 0.3) is 0 Å². The van der Waals surface area contributed by atoms with E-state index in [2.05, 4.69) is 112 Å². The molecule has 2 heteroatoms. The van der Waals surface area contributed by atoms with Gasteiger partial charge in [-0.15, -0.1) is 12.4 Å². The molecule has 0 aromatic heterocycles. The van der Waals surface area contributed by atoms with Crippen molar-refractivity contribution in [2.75, 3.05) is 7.05 Å². The smallest absolute Gasteiger partial charge is 0.0240 e. The van der Waals surface area contributed by atoms with Gasteiger partial charge in [0.1, 0.15) is 0 Å². The first-order valence-corrected chi connectivity index (χ1v) is 9.35. The van der Waals surface area contributed by atoms with E-state index >= 15 is 0 Å². The van der Waals surface area contributed by atoms with Crippen LogP contribution < -0.4 is 0 Å². The van der Waals surface area contributed by atoms with Crippen LogP contribution in [0.2, 0.25) is 0 Å². The molecule has 0 N–H and O–H groups in total. The minimum absolute atomic E-state index is 0. The molecule has 0 heterocycles. The van der Waals surface area contributed by atoms with Gasteiger partial charge in [0.2, 0.25) is 0 Å². The van der Waals surface area contributed by atoms with Gasteiger partial charge in [0.15, 0.2) is 0 Å². The Morgan fingerprint density at radius 1 is 0.704 bits per heavy atom. The van der Waals surface area contributed by atoms with Crippen LogP contribution in [0.5, 0.6) is 0 Å². The standard InChI is InChI=1S/C25H29N.ClH/c1-25(2,3)23-16-14-20(15-17-23)18-26(4)19-22-12-8-9-13-24(22)21-10-6-5-7-11-21;/h5-17H,18-19H2,1-4H3;1H. The summed E-state index contributed by atoms with van der Waals surface area (Å²) in [6.07, 6.45) is 0. The minimum atomic E-state index is 0. The summed E-state index contributed by atoms with van der Waals surface area (Å²) in [6, 6.07) is 28.4. The summed E-state index contributed by atoms with van der Waals surface area (Å²) in [4.78, 5) is 2.38. The van der Waals surface area contributed by atoms with E-state index in [0.717, 1.165) is 13.1 Å². The molecule has 0 amide bonds. The number of halogens is 1. The fourth-order valence-electron chi connectivity index (χ4n) is 3.33. The summed E-state index contributed by atoms with van der Waals surface area (Å²) in [5.41, 5.74) is 6.93. The molecule has 3 rings (SSSR count). The van der Waals surface area contributed by atoms with E-state index in [0.29, 0.717) is 0 Å². The van der Waals surface area contributed by atoms with E-state index in [4.69, 9.17) is 0 Å². The Balaban J connectivity index is 0.00000261. The molecule has 27 heavy (non-hydrogen) atoms. The number of hydrogen-bond donors (Lipinski definition) is 0. The first kappa shape index (κ1) is 21.2. The quantitative estimate of drug-likeness (QED) is 0.476. The topological polar surface area (TPSA) is 3.24 Å². The molecule has 0 atom stereocenters. The maximum Gasteiger partial charge on any atom is 0.0240 e. The highest BCUT2D eigenvalue weighted by Gasteiger charge is 2.13. The highest BCUT2D eigenvalue weighted by molar-refractivity contribution is 5.85. The third-order valence-electron chi connectivity index (χ3n) is 4.81. The zero-order valence-electron chi connectivity index (χ0n) is 16.8. The Morgan fingerprint density at radius 3 is 1.93 bits per heavy atom. The number of rotatable bonds is 5. The van der Waals surface area contributed by atoms with Crippen LogP contribution in [0.1, 0.15) is 37.5 Å². The van der Waals surface area contributed by atoms with E-state index in [-0.39, 0.29) is 17.8 Å². The molecule has 0 fully saturated rings. The van der Waals surface area contributed by atoms with Crippen LogP contribution in [-0.2, 0) is 18.5 Å². The molecule has 0 aliphatic carbocycles. The first-order valence-electron chi connectivity index (χ1n) is 9.35. The average molecular weight is 380 g/mol. The summed E-state index contributed by atoms with van der Waals surface area (Å²) in [7, 11) is 2.19. The van der Waals surface area contributed by atoms with Crippen molar-refractivity contribution in [1.82, 2.24) is 4.90 Å². The second-order valence-corrected chi connectivity index (χ2v) is 8.14. The molecule has 3 aromatic carbocycles. The minimum Gasteiger partial charge on any atom is -0.298 e. The highest BCUT2D eigenvalue weighted by Crippen LogP contribution is 2.25. The van der Waals surface area contributed by atoms with Gasteiger partial charge in [0, 0.05) is 13.1 Å². The van der Waals surface area contributed by atoms with Gasteiger partial charge in [-0.25, -0.2) is 0 Å². The third-order valence-corrected chi connectivity index (χ3v) is 4.81. The van der Waals surface area contributed by atoms with E-state index in [9.17, 15) is 0 Å². The Labute approximate surface area is 170 Å². The van der Waals surface area contributed by atoms with E-state index in [1.165, 1.54) is 27.8 Å². The van der Waals surface area contributed by atoms with Crippen LogP contribution in [0.3, 0.4) is 0 Å². The van der Waals surface area contributed by atoms with Crippen LogP contribution in [0.25, 0.3) is 11.1 Å². The van der Waals surface area contributed by atoms with Crippen molar-refractivity contribution in [2.45, 2.75) is 39.3 Å². The zero-order valence-corrected chi connectivity index (χ0v) is 17.6. The van der Waals surface area contributed by atoms with Gasteiger partial charge in [-0.3, -0.25) is 4.90 Å². The maximum atomic E-state index is 2.38. The molecule has 0 aliphatic rings. The van der Waals surface area contributed by atoms with Crippen LogP contribution in [0, 0.1) is 0 Å². The van der Waals surface area contributed by atoms with Crippen LogP contribution in [0.15, 0.2) is 78.9 Å². The van der Waals surface area contributed by atoms with Crippen molar-refractivity contribution in [3.63, 3.8) is 0 Å². The SMILES string of the molecule is CN(Cc1ccc(C(C)(C)C)cc1)Cc1ccccc1-c1ccccc1.Cl. The molecular formula is C25H30ClN. The molecule has 0 saturated carbocycles. The predicted octanol–water partition coefficient (Wildman–Crippen LogP) is 6.70. The molecule has 3 aromatic rings. The Morgan fingerprint density at radius 2 is 1.30 bits per heavy atom. The second-order valence-electron chi connectivity index (χ2n) is 8.14. The van der Waals surface area contributed by atoms with Crippen molar-refractivity contribution in [1.29, 1.82) is 0 Å². The van der Waals surface area contributed by atoms with Crippen LogP contribution in [0.4, 0.5) is 0 Å². The molecule has 0 aliphatic heterocycles. The van der Waals surface area contributed by atoms with Gasteiger partial charge in [0.05, 0.1) is 0 Å². The van der Waals surface area contributed by atoms with Crippen molar-refractivity contribution >= 4 is 12.4 Å². The third kappa shape index (κ3) is 5.69. The van der Waals surface area contributed by atoms with E-state index in [1.807, 2.05) is 0 Å². The number of nitrogens with zero attached hydrogens (tertiary/aromatic N) is 1. The fraction of sp³-hybridized carbons (Fsp3) is 0.280. The van der Waals surface area contributed by atoms with Crippen molar-refractivity contribution in [3.05, 3.63) is 95.6 Å². The van der Waals surface area contributed by atoms with Gasteiger partial charge >= 0.3 is 0 Å². The molecular weight excluding hydrogens is 350 g/mol. The lowest BCUT2D eigenvalue weighted by Crippen LogP contribution is -2.18. The van der Waals surface area contributed by atoms with Gasteiger partial charge in [-0.2, -0.15) is 0 Å². The normalized spacial score (nSPS) is 11.3. The predicted molar refractivity (Wildman–Crippen MR) is 119 cm³/mol. The molecule has 0 saturated heterocycles. The lowest BCUT2D eigenvalue weighted by Gasteiger charge is -2.21. The van der Waals surface area contributed by atoms with Crippen LogP contribution >= 0.6 is 12.4 Å². The molecule has 0 radical (unpaired) electrons. The fourth-order valence-corrected chi connectivity index (χ4v) is 3.33. The molecule has 1 nitrogen and oxygen atoms in total. The molecule has 142 valence electrons. The number of benzene rings is 3. The van der Waals surface area contributed by atoms with E-state index in [1.54, 1.807) is 0 Å². The summed E-state index contributed by atoms with van der Waals surface area (Å²) in [6.45, 7) is 8.66. The Hall–Kier alpha value is -2.09. The van der Waals surface area contributed by atoms with Crippen molar-refractivity contribution in [3.8, 4) is 11.1 Å². The average Bonchev–Trinajstić information content (AvgIpc) is 2.62. The van der Waals surface area contributed by atoms with Gasteiger partial charge in [-0.05, 0) is 40.3 Å². The van der Waals surface area contributed by atoms with Gasteiger partial charge in [-0.1, -0.05) is 99.6 Å². The lowest BCUT2D eigenvalue weighted by atomic mass is 9.87. The van der Waals surface area contributed by atoms with Crippen LogP contribution in [-0.4, -0.2) is 11.9 Å². The summed E-state index contributed by atoms with van der Waals surface area (Å²) in [5, 5.41) is 0.